The van der Waals surface area contributed by atoms with Gasteiger partial charge in [-0.15, -0.1) is 0 Å². The second-order valence-corrected chi connectivity index (χ2v) is 10.4. The van der Waals surface area contributed by atoms with Gasteiger partial charge in [0.2, 0.25) is 0 Å². The van der Waals surface area contributed by atoms with Crippen molar-refractivity contribution in [1.82, 2.24) is 19.6 Å². The van der Waals surface area contributed by atoms with Crippen molar-refractivity contribution < 1.29 is 23.5 Å². The number of aryl methyl sites for hydroxylation is 1. The number of carbonyl (C=O) groups is 2. The highest BCUT2D eigenvalue weighted by Gasteiger charge is 2.35. The molecule has 2 aliphatic rings. The Labute approximate surface area is 214 Å². The SMILES string of the molecule is CN(C)C1CN(C(=O)c2ccc(Oc3cc(C(=O)Nc4ccn(C)n4)cc4c3CC(C)(C)O4)c(F)c2)C1. The van der Waals surface area contributed by atoms with Gasteiger partial charge >= 0.3 is 0 Å². The Hall–Kier alpha value is -3.92. The molecule has 1 aromatic heterocycles. The third kappa shape index (κ3) is 5.01. The van der Waals surface area contributed by atoms with Gasteiger partial charge in [0.15, 0.2) is 17.4 Å². The zero-order chi connectivity index (χ0) is 26.5. The van der Waals surface area contributed by atoms with Crippen molar-refractivity contribution in [2.75, 3.05) is 32.5 Å². The Balaban J connectivity index is 1.39. The van der Waals surface area contributed by atoms with Gasteiger partial charge in [-0.3, -0.25) is 14.3 Å². The summed E-state index contributed by atoms with van der Waals surface area (Å²) in [4.78, 5) is 29.4. The number of amides is 2. The number of aromatic nitrogens is 2. The summed E-state index contributed by atoms with van der Waals surface area (Å²) in [5.74, 6) is -0.0780. The Kier molecular flexibility index (Phi) is 6.15. The van der Waals surface area contributed by atoms with E-state index in [0.717, 1.165) is 5.56 Å². The largest absolute Gasteiger partial charge is 0.487 e. The van der Waals surface area contributed by atoms with E-state index in [9.17, 15) is 9.59 Å². The normalized spacial score (nSPS) is 16.2. The molecule has 2 aliphatic heterocycles. The molecule has 9 nitrogen and oxygen atoms in total. The first-order valence-corrected chi connectivity index (χ1v) is 12.1. The van der Waals surface area contributed by atoms with Crippen LogP contribution in [0.4, 0.5) is 10.2 Å². The van der Waals surface area contributed by atoms with Crippen LogP contribution < -0.4 is 14.8 Å². The maximum Gasteiger partial charge on any atom is 0.257 e. The van der Waals surface area contributed by atoms with Gasteiger partial charge in [0, 0.05) is 61.6 Å². The van der Waals surface area contributed by atoms with E-state index in [4.69, 9.17) is 9.47 Å². The monoisotopic (exact) mass is 507 g/mol. The minimum Gasteiger partial charge on any atom is -0.487 e. The first kappa shape index (κ1) is 24.8. The number of nitrogens with zero attached hydrogens (tertiary/aromatic N) is 4. The van der Waals surface area contributed by atoms with Gasteiger partial charge in [0.05, 0.1) is 0 Å². The maximum atomic E-state index is 15.1. The second-order valence-electron chi connectivity index (χ2n) is 10.4. The highest BCUT2D eigenvalue weighted by molar-refractivity contribution is 6.04. The fourth-order valence-corrected chi connectivity index (χ4v) is 4.50. The fourth-order valence-electron chi connectivity index (χ4n) is 4.50. The van der Waals surface area contributed by atoms with Gasteiger partial charge < -0.3 is 24.6 Å². The number of hydrogen-bond donors (Lipinski definition) is 1. The first-order valence-electron chi connectivity index (χ1n) is 12.1. The van der Waals surface area contributed by atoms with E-state index >= 15 is 4.39 Å². The molecule has 0 spiro atoms. The van der Waals surface area contributed by atoms with E-state index in [1.54, 1.807) is 47.1 Å². The molecule has 1 saturated heterocycles. The third-order valence-electron chi connectivity index (χ3n) is 6.65. The zero-order valence-corrected chi connectivity index (χ0v) is 21.5. The molecule has 194 valence electrons. The van der Waals surface area contributed by atoms with Gasteiger partial charge in [-0.05, 0) is 58.3 Å². The van der Waals surface area contributed by atoms with E-state index in [0.29, 0.717) is 42.9 Å². The lowest BCUT2D eigenvalue weighted by molar-refractivity contribution is 0.0399. The predicted octanol–water partition coefficient (Wildman–Crippen LogP) is 3.70. The maximum absolute atomic E-state index is 15.1. The molecule has 3 aromatic rings. The number of nitrogens with one attached hydrogen (secondary N) is 1. The number of benzene rings is 2. The van der Waals surface area contributed by atoms with Gasteiger partial charge in [0.1, 0.15) is 17.1 Å². The number of fused-ring (bicyclic) bond motifs is 1. The van der Waals surface area contributed by atoms with E-state index in [1.807, 2.05) is 27.9 Å². The summed E-state index contributed by atoms with van der Waals surface area (Å²) in [5.41, 5.74) is 0.791. The van der Waals surface area contributed by atoms with E-state index in [1.165, 1.54) is 12.1 Å². The summed E-state index contributed by atoms with van der Waals surface area (Å²) < 4.78 is 28.7. The number of rotatable bonds is 6. The second kappa shape index (κ2) is 9.19. The highest BCUT2D eigenvalue weighted by Crippen LogP contribution is 2.43. The van der Waals surface area contributed by atoms with Crippen LogP contribution in [0.3, 0.4) is 0 Å². The Morgan fingerprint density at radius 3 is 2.54 bits per heavy atom. The van der Waals surface area contributed by atoms with Crippen LogP contribution in [0.15, 0.2) is 42.6 Å². The number of halogens is 1. The molecule has 2 amide bonds. The molecular formula is C27H30FN5O4. The molecule has 3 heterocycles. The van der Waals surface area contributed by atoms with Crippen molar-refractivity contribution in [1.29, 1.82) is 0 Å². The Bertz CT molecular complexity index is 1380. The highest BCUT2D eigenvalue weighted by atomic mass is 19.1. The van der Waals surface area contributed by atoms with Gasteiger partial charge in [-0.1, -0.05) is 0 Å². The topological polar surface area (TPSA) is 88.9 Å². The number of ether oxygens (including phenoxy) is 2. The van der Waals surface area contributed by atoms with Crippen LogP contribution in [0.2, 0.25) is 0 Å². The van der Waals surface area contributed by atoms with Crippen LogP contribution >= 0.6 is 0 Å². The molecule has 37 heavy (non-hydrogen) atoms. The average Bonchev–Trinajstić information content (AvgIpc) is 3.34. The quantitative estimate of drug-likeness (QED) is 0.547. The standard InChI is InChI=1S/C27H30FN5O4/c1-27(2)13-19-22(11-17(12-23(19)37-27)25(34)29-24-8-9-32(5)30-24)36-21-7-6-16(10-20(21)28)26(35)33-14-18(15-33)31(3)4/h6-12,18H,13-15H2,1-5H3,(H,29,30,34). The Morgan fingerprint density at radius 2 is 1.89 bits per heavy atom. The Morgan fingerprint density at radius 1 is 1.14 bits per heavy atom. The van der Waals surface area contributed by atoms with Crippen molar-refractivity contribution in [2.24, 2.45) is 7.05 Å². The smallest absolute Gasteiger partial charge is 0.257 e. The van der Waals surface area contributed by atoms with Crippen molar-refractivity contribution in [3.8, 4) is 17.2 Å². The molecule has 1 fully saturated rings. The van der Waals surface area contributed by atoms with Gasteiger partial charge in [0.25, 0.3) is 11.8 Å². The molecule has 0 bridgehead atoms. The van der Waals surface area contributed by atoms with Crippen LogP contribution in [0, 0.1) is 5.82 Å². The molecule has 0 unspecified atom stereocenters. The molecule has 0 radical (unpaired) electrons. The molecule has 5 rings (SSSR count). The van der Waals surface area contributed by atoms with Gasteiger partial charge in [-0.25, -0.2) is 4.39 Å². The third-order valence-corrected chi connectivity index (χ3v) is 6.65. The summed E-state index contributed by atoms with van der Waals surface area (Å²) >= 11 is 0. The van der Waals surface area contributed by atoms with Crippen LogP contribution in [0.5, 0.6) is 17.2 Å². The van der Waals surface area contributed by atoms with Crippen molar-refractivity contribution >= 4 is 17.6 Å². The average molecular weight is 508 g/mol. The lowest BCUT2D eigenvalue weighted by Crippen LogP contribution is -2.59. The minimum absolute atomic E-state index is 0.0412. The number of likely N-dealkylation sites (tertiary alicyclic amines) is 1. The van der Waals surface area contributed by atoms with E-state index in [2.05, 4.69) is 15.3 Å². The van der Waals surface area contributed by atoms with Crippen molar-refractivity contribution in [3.05, 3.63) is 65.1 Å². The molecule has 0 saturated carbocycles. The summed E-state index contributed by atoms with van der Waals surface area (Å²) in [6.07, 6.45) is 2.25. The van der Waals surface area contributed by atoms with Crippen LogP contribution in [0.25, 0.3) is 0 Å². The summed E-state index contributed by atoms with van der Waals surface area (Å²) in [7, 11) is 5.70. The summed E-state index contributed by atoms with van der Waals surface area (Å²) in [5, 5.41) is 6.91. The lowest BCUT2D eigenvalue weighted by Gasteiger charge is -2.42. The number of carbonyl (C=O) groups excluding carboxylic acids is 2. The molecule has 2 aromatic carbocycles. The predicted molar refractivity (Wildman–Crippen MR) is 136 cm³/mol. The zero-order valence-electron chi connectivity index (χ0n) is 21.5. The van der Waals surface area contributed by atoms with Crippen LogP contribution in [-0.4, -0.2) is 70.2 Å². The van der Waals surface area contributed by atoms with Gasteiger partial charge in [-0.2, -0.15) is 5.10 Å². The van der Waals surface area contributed by atoms with Crippen LogP contribution in [0.1, 0.15) is 40.1 Å². The van der Waals surface area contributed by atoms with E-state index in [-0.39, 0.29) is 22.8 Å². The van der Waals surface area contributed by atoms with Crippen molar-refractivity contribution in [2.45, 2.75) is 31.9 Å². The number of hydrogen-bond acceptors (Lipinski definition) is 6. The summed E-state index contributed by atoms with van der Waals surface area (Å²) in [6, 6.07) is 9.41. The molecule has 1 N–H and O–H groups in total. The molecule has 0 atom stereocenters. The van der Waals surface area contributed by atoms with Crippen LogP contribution in [-0.2, 0) is 13.5 Å². The molecular weight excluding hydrogens is 477 g/mol. The summed E-state index contributed by atoms with van der Waals surface area (Å²) in [6.45, 7) is 5.09. The van der Waals surface area contributed by atoms with Crippen molar-refractivity contribution in [3.63, 3.8) is 0 Å². The lowest BCUT2D eigenvalue weighted by atomic mass is 9.99. The fraction of sp³-hybridized carbons (Fsp3) is 0.370. The molecule has 10 heteroatoms. The minimum atomic E-state index is -0.661. The number of likely N-dealkylation sites (N-methyl/N-ethyl adjacent to an activating group) is 1. The first-order chi connectivity index (χ1) is 17.5. The van der Waals surface area contributed by atoms with E-state index < -0.39 is 17.3 Å². The number of anilines is 1. The molecule has 0 aliphatic carbocycles.